The summed E-state index contributed by atoms with van der Waals surface area (Å²) in [5, 5.41) is 9.01. The van der Waals surface area contributed by atoms with Crippen molar-refractivity contribution in [3.05, 3.63) is 53.7 Å². The second kappa shape index (κ2) is 6.63. The molecule has 7 nitrogen and oxygen atoms in total. The summed E-state index contributed by atoms with van der Waals surface area (Å²) >= 11 is 0. The molecule has 1 aliphatic rings. The molecular formula is C17H15N3O4S. The molecule has 3 rings (SSSR count). The van der Waals surface area contributed by atoms with E-state index in [0.29, 0.717) is 11.1 Å². The van der Waals surface area contributed by atoms with Crippen LogP contribution in [0.1, 0.15) is 22.8 Å². The molecule has 0 aliphatic carbocycles. The van der Waals surface area contributed by atoms with Crippen LogP contribution in [0.25, 0.3) is 0 Å². The van der Waals surface area contributed by atoms with Crippen molar-refractivity contribution in [2.45, 2.75) is 17.9 Å². The number of aromatic nitrogens is 1. The fraction of sp³-hybridized carbons (Fsp3) is 0.235. The van der Waals surface area contributed by atoms with Gasteiger partial charge >= 0.3 is 0 Å². The Morgan fingerprint density at radius 2 is 1.96 bits per heavy atom. The molecule has 1 aromatic carbocycles. The molecule has 1 fully saturated rings. The number of rotatable bonds is 5. The van der Waals surface area contributed by atoms with E-state index in [1.807, 2.05) is 6.07 Å². The lowest BCUT2D eigenvalue weighted by Gasteiger charge is -2.37. The van der Waals surface area contributed by atoms with Crippen molar-refractivity contribution in [3.63, 3.8) is 0 Å². The molecule has 25 heavy (non-hydrogen) atoms. The van der Waals surface area contributed by atoms with Gasteiger partial charge in [0.05, 0.1) is 18.0 Å². The molecule has 0 N–H and O–H groups in total. The Bertz CT molecular complexity index is 943. The van der Waals surface area contributed by atoms with Crippen LogP contribution in [0.5, 0.6) is 5.88 Å². The van der Waals surface area contributed by atoms with Crippen molar-refractivity contribution in [1.29, 1.82) is 5.26 Å². The van der Waals surface area contributed by atoms with Gasteiger partial charge in [0.1, 0.15) is 17.7 Å². The Balaban J connectivity index is 1.67. The number of sulfonamides is 1. The molecule has 1 aromatic heterocycles. The lowest BCUT2D eigenvalue weighted by Crippen LogP contribution is -2.56. The van der Waals surface area contributed by atoms with Crippen LogP contribution in [0.3, 0.4) is 0 Å². The fourth-order valence-electron chi connectivity index (χ4n) is 2.41. The lowest BCUT2D eigenvalue weighted by molar-refractivity contribution is 0.0718. The summed E-state index contributed by atoms with van der Waals surface area (Å²) in [6, 6.07) is 11.0. The Labute approximate surface area is 145 Å². The second-order valence-corrected chi connectivity index (χ2v) is 7.55. The molecule has 0 atom stereocenters. The fourth-order valence-corrected chi connectivity index (χ4v) is 3.91. The van der Waals surface area contributed by atoms with E-state index >= 15 is 0 Å². The molecule has 1 aliphatic heterocycles. The molecule has 0 saturated carbocycles. The van der Waals surface area contributed by atoms with Gasteiger partial charge in [-0.1, -0.05) is 12.1 Å². The predicted octanol–water partition coefficient (Wildman–Crippen LogP) is 1.61. The monoisotopic (exact) mass is 357 g/mol. The van der Waals surface area contributed by atoms with Crippen LogP contribution < -0.4 is 4.74 Å². The highest BCUT2D eigenvalue weighted by Crippen LogP contribution is 2.25. The maximum Gasteiger partial charge on any atom is 0.243 e. The average molecular weight is 357 g/mol. The SMILES string of the molecule is CC(=O)c1ccc(S(=O)(=O)N2CC(Oc3ncccc3C#N)C2)cc1. The first-order valence-electron chi connectivity index (χ1n) is 7.55. The van der Waals surface area contributed by atoms with Crippen molar-refractivity contribution in [3.8, 4) is 11.9 Å². The van der Waals surface area contributed by atoms with Crippen LogP contribution in [0.2, 0.25) is 0 Å². The Kier molecular flexibility index (Phi) is 4.53. The van der Waals surface area contributed by atoms with Crippen LogP contribution in [-0.4, -0.2) is 42.7 Å². The van der Waals surface area contributed by atoms with Crippen LogP contribution in [0.15, 0.2) is 47.5 Å². The standard InChI is InChI=1S/C17H15N3O4S/c1-12(21)13-4-6-16(7-5-13)25(22,23)20-10-15(11-20)24-17-14(9-18)3-2-8-19-17/h2-8,15H,10-11H2,1H3. The number of pyridine rings is 1. The minimum atomic E-state index is -3.63. The number of carbonyl (C=O) groups excluding carboxylic acids is 1. The normalized spacial score (nSPS) is 15.2. The van der Waals surface area contributed by atoms with E-state index in [0.717, 1.165) is 0 Å². The third-order valence-corrected chi connectivity index (χ3v) is 5.73. The second-order valence-electron chi connectivity index (χ2n) is 5.61. The smallest absolute Gasteiger partial charge is 0.243 e. The topological polar surface area (TPSA) is 100 Å². The number of carbonyl (C=O) groups is 1. The van der Waals surface area contributed by atoms with Gasteiger partial charge in [0, 0.05) is 11.8 Å². The van der Waals surface area contributed by atoms with Gasteiger partial charge in [-0.25, -0.2) is 13.4 Å². The largest absolute Gasteiger partial charge is 0.471 e. The third-order valence-electron chi connectivity index (χ3n) is 3.88. The number of hydrogen-bond donors (Lipinski definition) is 0. The zero-order chi connectivity index (χ0) is 18.0. The van der Waals surface area contributed by atoms with Gasteiger partial charge in [-0.15, -0.1) is 0 Å². The number of ketones is 1. The Morgan fingerprint density at radius 3 is 2.56 bits per heavy atom. The molecule has 8 heteroatoms. The predicted molar refractivity (Wildman–Crippen MR) is 88.6 cm³/mol. The molecular weight excluding hydrogens is 342 g/mol. The number of ether oxygens (including phenoxy) is 1. The van der Waals surface area contributed by atoms with E-state index in [-0.39, 0.29) is 35.8 Å². The molecule has 0 radical (unpaired) electrons. The van der Waals surface area contributed by atoms with Crippen molar-refractivity contribution in [2.75, 3.05) is 13.1 Å². The summed E-state index contributed by atoms with van der Waals surface area (Å²) in [4.78, 5) is 15.4. The van der Waals surface area contributed by atoms with E-state index in [2.05, 4.69) is 4.98 Å². The van der Waals surface area contributed by atoms with E-state index in [9.17, 15) is 13.2 Å². The van der Waals surface area contributed by atoms with Crippen molar-refractivity contribution >= 4 is 15.8 Å². The Morgan fingerprint density at radius 1 is 1.28 bits per heavy atom. The van der Waals surface area contributed by atoms with E-state index in [4.69, 9.17) is 10.00 Å². The van der Waals surface area contributed by atoms with E-state index < -0.39 is 10.0 Å². The summed E-state index contributed by atoms with van der Waals surface area (Å²) in [6.45, 7) is 1.78. The minimum Gasteiger partial charge on any atom is -0.471 e. The number of hydrogen-bond acceptors (Lipinski definition) is 6. The summed E-state index contributed by atoms with van der Waals surface area (Å²) in [6.07, 6.45) is 1.16. The first-order chi connectivity index (χ1) is 11.9. The molecule has 128 valence electrons. The van der Waals surface area contributed by atoms with Gasteiger partial charge in [0.25, 0.3) is 0 Å². The number of nitriles is 1. The molecule has 0 amide bonds. The van der Waals surface area contributed by atoms with Gasteiger partial charge in [0.2, 0.25) is 15.9 Å². The number of nitrogens with zero attached hydrogens (tertiary/aromatic N) is 3. The van der Waals surface area contributed by atoms with Crippen molar-refractivity contribution in [2.24, 2.45) is 0 Å². The first-order valence-corrected chi connectivity index (χ1v) is 8.99. The highest BCUT2D eigenvalue weighted by Gasteiger charge is 2.38. The maximum atomic E-state index is 12.5. The lowest BCUT2D eigenvalue weighted by atomic mass is 10.2. The zero-order valence-corrected chi connectivity index (χ0v) is 14.2. The zero-order valence-electron chi connectivity index (χ0n) is 13.4. The molecule has 2 aromatic rings. The molecule has 0 unspecified atom stereocenters. The van der Waals surface area contributed by atoms with Crippen LogP contribution >= 0.6 is 0 Å². The quantitative estimate of drug-likeness (QED) is 0.754. The number of benzene rings is 1. The summed E-state index contributed by atoms with van der Waals surface area (Å²) < 4.78 is 32.0. The van der Waals surface area contributed by atoms with Crippen molar-refractivity contribution in [1.82, 2.24) is 9.29 Å². The molecule has 0 spiro atoms. The number of Topliss-reactive ketones (excluding diaryl/α,β-unsaturated/α-hetero) is 1. The summed E-state index contributed by atoms with van der Waals surface area (Å²) in [5.41, 5.74) is 0.770. The van der Waals surface area contributed by atoms with Gasteiger partial charge in [-0.3, -0.25) is 4.79 Å². The summed E-state index contributed by atoms with van der Waals surface area (Å²) in [5.74, 6) is 0.0860. The average Bonchev–Trinajstić information content (AvgIpc) is 2.57. The van der Waals surface area contributed by atoms with E-state index in [1.54, 1.807) is 12.1 Å². The summed E-state index contributed by atoms with van der Waals surface area (Å²) in [7, 11) is -3.63. The van der Waals surface area contributed by atoms with Gasteiger partial charge in [-0.05, 0) is 31.2 Å². The van der Waals surface area contributed by atoms with Crippen LogP contribution in [0.4, 0.5) is 0 Å². The van der Waals surface area contributed by atoms with Crippen LogP contribution in [0, 0.1) is 11.3 Å². The minimum absolute atomic E-state index is 0.120. The van der Waals surface area contributed by atoms with Crippen LogP contribution in [-0.2, 0) is 10.0 Å². The van der Waals surface area contributed by atoms with Gasteiger partial charge < -0.3 is 4.74 Å². The molecule has 0 bridgehead atoms. The highest BCUT2D eigenvalue weighted by atomic mass is 32.2. The highest BCUT2D eigenvalue weighted by molar-refractivity contribution is 7.89. The van der Waals surface area contributed by atoms with E-state index in [1.165, 1.54) is 41.7 Å². The maximum absolute atomic E-state index is 12.5. The first kappa shape index (κ1) is 17.1. The van der Waals surface area contributed by atoms with Gasteiger partial charge in [0.15, 0.2) is 5.78 Å². The molecule has 2 heterocycles. The Hall–Kier alpha value is -2.76. The van der Waals surface area contributed by atoms with Crippen molar-refractivity contribution < 1.29 is 17.9 Å². The third kappa shape index (κ3) is 3.38. The molecule has 1 saturated heterocycles. The van der Waals surface area contributed by atoms with Gasteiger partial charge in [-0.2, -0.15) is 9.57 Å².